The first kappa shape index (κ1) is 17.9. The molecule has 1 amide bonds. The second-order valence-electron chi connectivity index (χ2n) is 5.35. The first-order valence-electron chi connectivity index (χ1n) is 7.67. The molecule has 0 unspecified atom stereocenters. The number of methoxy groups -OCH3 is 1. The Kier molecular flexibility index (Phi) is 6.72. The van der Waals surface area contributed by atoms with Crippen molar-refractivity contribution in [3.05, 3.63) is 48.0 Å². The van der Waals surface area contributed by atoms with Crippen molar-refractivity contribution in [1.29, 1.82) is 0 Å². The number of benzene rings is 2. The Morgan fingerprint density at radius 2 is 1.88 bits per heavy atom. The van der Waals surface area contributed by atoms with Gasteiger partial charge in [-0.3, -0.25) is 4.79 Å². The molecular formula is C18H21NO5. The summed E-state index contributed by atoms with van der Waals surface area (Å²) in [6.45, 7) is 0.472. The Hall–Kier alpha value is -2.44. The van der Waals surface area contributed by atoms with Gasteiger partial charge in [-0.05, 0) is 16.3 Å². The average Bonchev–Trinajstić information content (AvgIpc) is 2.58. The molecule has 6 heteroatoms. The Morgan fingerprint density at radius 1 is 1.12 bits per heavy atom. The first-order chi connectivity index (χ1) is 11.6. The van der Waals surface area contributed by atoms with Crippen LogP contribution < -0.4 is 5.32 Å². The van der Waals surface area contributed by atoms with E-state index in [1.807, 2.05) is 42.5 Å². The van der Waals surface area contributed by atoms with E-state index < -0.39 is 17.9 Å². The lowest BCUT2D eigenvalue weighted by molar-refractivity contribution is -0.142. The van der Waals surface area contributed by atoms with Crippen molar-refractivity contribution < 1.29 is 24.2 Å². The summed E-state index contributed by atoms with van der Waals surface area (Å²) in [6.07, 6.45) is 0.209. The Balaban J connectivity index is 2.03. The quantitative estimate of drug-likeness (QED) is 0.682. The van der Waals surface area contributed by atoms with Crippen LogP contribution >= 0.6 is 0 Å². The van der Waals surface area contributed by atoms with Crippen LogP contribution in [0.3, 0.4) is 0 Å². The molecule has 2 aromatic rings. The van der Waals surface area contributed by atoms with Gasteiger partial charge in [0.15, 0.2) is 0 Å². The van der Waals surface area contributed by atoms with Crippen LogP contribution in [0.1, 0.15) is 5.56 Å². The number of carbonyl (C=O) groups is 2. The van der Waals surface area contributed by atoms with Crippen LogP contribution in [0.25, 0.3) is 10.8 Å². The summed E-state index contributed by atoms with van der Waals surface area (Å²) in [7, 11) is 1.54. The van der Waals surface area contributed by atoms with Gasteiger partial charge in [-0.1, -0.05) is 42.5 Å². The molecule has 0 fully saturated rings. The number of carboxylic acid groups (broad SMARTS) is 1. The van der Waals surface area contributed by atoms with E-state index in [0.717, 1.165) is 16.3 Å². The molecule has 0 radical (unpaired) electrons. The van der Waals surface area contributed by atoms with Crippen LogP contribution in [-0.2, 0) is 25.5 Å². The standard InChI is InChI=1S/C18H21NO5/c1-23-9-10-24-12-17(20)19-16(18(21)22)11-14-7-4-6-13-5-2-3-8-15(13)14/h2-8,16H,9-12H2,1H3,(H,19,20)(H,21,22)/t16-/m0/s1. The van der Waals surface area contributed by atoms with Crippen molar-refractivity contribution in [3.8, 4) is 0 Å². The maximum Gasteiger partial charge on any atom is 0.326 e. The fourth-order valence-electron chi connectivity index (χ4n) is 2.43. The minimum atomic E-state index is -1.08. The molecule has 24 heavy (non-hydrogen) atoms. The first-order valence-corrected chi connectivity index (χ1v) is 7.67. The average molecular weight is 331 g/mol. The molecule has 0 aromatic heterocycles. The highest BCUT2D eigenvalue weighted by atomic mass is 16.5. The third-order valence-electron chi connectivity index (χ3n) is 3.60. The number of nitrogens with one attached hydrogen (secondary N) is 1. The van der Waals surface area contributed by atoms with Crippen LogP contribution in [-0.4, -0.2) is 50.0 Å². The van der Waals surface area contributed by atoms with E-state index in [9.17, 15) is 14.7 Å². The summed E-state index contributed by atoms with van der Waals surface area (Å²) in [5, 5.41) is 13.9. The Morgan fingerprint density at radius 3 is 2.62 bits per heavy atom. The molecule has 2 aromatic carbocycles. The van der Waals surface area contributed by atoms with Crippen LogP contribution in [0.15, 0.2) is 42.5 Å². The molecule has 2 N–H and O–H groups in total. The number of rotatable bonds is 9. The van der Waals surface area contributed by atoms with E-state index >= 15 is 0 Å². The Bertz CT molecular complexity index is 695. The van der Waals surface area contributed by atoms with Crippen molar-refractivity contribution in [2.45, 2.75) is 12.5 Å². The van der Waals surface area contributed by atoms with Gasteiger partial charge in [-0.15, -0.1) is 0 Å². The molecule has 0 bridgehead atoms. The maximum atomic E-state index is 11.8. The minimum Gasteiger partial charge on any atom is -0.480 e. The van der Waals surface area contributed by atoms with Gasteiger partial charge in [-0.2, -0.15) is 0 Å². The van der Waals surface area contributed by atoms with Gasteiger partial charge in [0.1, 0.15) is 12.6 Å². The summed E-state index contributed by atoms with van der Waals surface area (Å²) < 4.78 is 9.92. The maximum absolute atomic E-state index is 11.8. The van der Waals surface area contributed by atoms with E-state index in [4.69, 9.17) is 9.47 Å². The molecular weight excluding hydrogens is 310 g/mol. The van der Waals surface area contributed by atoms with Gasteiger partial charge in [0.25, 0.3) is 0 Å². The minimum absolute atomic E-state index is 0.192. The van der Waals surface area contributed by atoms with E-state index in [0.29, 0.717) is 6.61 Å². The third-order valence-corrected chi connectivity index (χ3v) is 3.60. The van der Waals surface area contributed by atoms with E-state index in [1.54, 1.807) is 0 Å². The van der Waals surface area contributed by atoms with Crippen LogP contribution in [0.5, 0.6) is 0 Å². The molecule has 6 nitrogen and oxygen atoms in total. The molecule has 0 saturated carbocycles. The molecule has 0 aliphatic carbocycles. The van der Waals surface area contributed by atoms with E-state index in [2.05, 4.69) is 5.32 Å². The van der Waals surface area contributed by atoms with E-state index in [-0.39, 0.29) is 19.6 Å². The predicted octanol–water partition coefficient (Wildman–Crippen LogP) is 1.61. The number of hydrogen-bond donors (Lipinski definition) is 2. The molecule has 2 rings (SSSR count). The third kappa shape index (κ3) is 5.04. The Labute approximate surface area is 140 Å². The predicted molar refractivity (Wildman–Crippen MR) is 89.9 cm³/mol. The van der Waals surface area contributed by atoms with Gasteiger partial charge in [-0.25, -0.2) is 4.79 Å². The summed E-state index contributed by atoms with van der Waals surface area (Å²) >= 11 is 0. The van der Waals surface area contributed by atoms with Crippen LogP contribution in [0, 0.1) is 0 Å². The summed E-state index contributed by atoms with van der Waals surface area (Å²) in [4.78, 5) is 23.3. The SMILES string of the molecule is COCCOCC(=O)N[C@@H](Cc1cccc2ccccc12)C(=O)O. The summed E-state index contributed by atoms with van der Waals surface area (Å²) in [5.41, 5.74) is 0.876. The lowest BCUT2D eigenvalue weighted by Gasteiger charge is -2.16. The van der Waals surface area contributed by atoms with Gasteiger partial charge in [0.2, 0.25) is 5.91 Å². The number of carbonyl (C=O) groups excluding carboxylic acids is 1. The van der Waals surface area contributed by atoms with Gasteiger partial charge >= 0.3 is 5.97 Å². The summed E-state index contributed by atoms with van der Waals surface area (Å²) in [6, 6.07) is 12.5. The number of hydrogen-bond acceptors (Lipinski definition) is 4. The largest absolute Gasteiger partial charge is 0.480 e. The zero-order valence-electron chi connectivity index (χ0n) is 13.5. The highest BCUT2D eigenvalue weighted by Crippen LogP contribution is 2.19. The van der Waals surface area contributed by atoms with Crippen molar-refractivity contribution in [3.63, 3.8) is 0 Å². The smallest absolute Gasteiger partial charge is 0.326 e. The molecule has 0 aliphatic heterocycles. The molecule has 0 saturated heterocycles. The second kappa shape index (κ2) is 9.00. The fraction of sp³-hybridized carbons (Fsp3) is 0.333. The lowest BCUT2D eigenvalue weighted by Crippen LogP contribution is -2.44. The zero-order valence-corrected chi connectivity index (χ0v) is 13.5. The molecule has 0 spiro atoms. The number of carboxylic acids is 1. The number of amides is 1. The van der Waals surface area contributed by atoms with Gasteiger partial charge in [0.05, 0.1) is 13.2 Å². The molecule has 0 heterocycles. The summed E-state index contributed by atoms with van der Waals surface area (Å²) in [5.74, 6) is -1.54. The second-order valence-corrected chi connectivity index (χ2v) is 5.35. The van der Waals surface area contributed by atoms with Gasteiger partial charge < -0.3 is 19.9 Å². The molecule has 128 valence electrons. The topological polar surface area (TPSA) is 84.9 Å². The highest BCUT2D eigenvalue weighted by Gasteiger charge is 2.21. The monoisotopic (exact) mass is 331 g/mol. The molecule has 0 aliphatic rings. The van der Waals surface area contributed by atoms with Crippen molar-refractivity contribution in [2.75, 3.05) is 26.9 Å². The number of ether oxygens (including phenoxy) is 2. The molecule has 1 atom stereocenters. The van der Waals surface area contributed by atoms with Crippen LogP contribution in [0.4, 0.5) is 0 Å². The van der Waals surface area contributed by atoms with Crippen molar-refractivity contribution in [2.24, 2.45) is 0 Å². The highest BCUT2D eigenvalue weighted by molar-refractivity contribution is 5.88. The van der Waals surface area contributed by atoms with Crippen molar-refractivity contribution in [1.82, 2.24) is 5.32 Å². The van der Waals surface area contributed by atoms with Crippen molar-refractivity contribution >= 4 is 22.6 Å². The van der Waals surface area contributed by atoms with Gasteiger partial charge in [0, 0.05) is 13.5 Å². The lowest BCUT2D eigenvalue weighted by atomic mass is 9.99. The fourth-order valence-corrected chi connectivity index (χ4v) is 2.43. The number of aliphatic carboxylic acids is 1. The normalized spacial score (nSPS) is 12.0. The van der Waals surface area contributed by atoms with Crippen LogP contribution in [0.2, 0.25) is 0 Å². The number of fused-ring (bicyclic) bond motifs is 1. The van der Waals surface area contributed by atoms with E-state index in [1.165, 1.54) is 7.11 Å². The zero-order chi connectivity index (χ0) is 17.4.